The monoisotopic (exact) mass is 357 g/mol. The summed E-state index contributed by atoms with van der Waals surface area (Å²) in [4.78, 5) is 23.7. The summed E-state index contributed by atoms with van der Waals surface area (Å²) >= 11 is 0. The third kappa shape index (κ3) is 3.98. The highest BCUT2D eigenvalue weighted by Gasteiger charge is 2.17. The number of anilines is 2. The lowest BCUT2D eigenvalue weighted by atomic mass is 10.1. The molecule has 0 atom stereocenters. The van der Waals surface area contributed by atoms with E-state index in [1.807, 2.05) is 72.8 Å². The average molecular weight is 357 g/mol. The van der Waals surface area contributed by atoms with Gasteiger partial charge in [-0.25, -0.2) is 4.79 Å². The van der Waals surface area contributed by atoms with Gasteiger partial charge in [-0.15, -0.1) is 0 Å². The fourth-order valence-electron chi connectivity index (χ4n) is 3.16. The molecule has 4 rings (SSSR count). The summed E-state index contributed by atoms with van der Waals surface area (Å²) < 4.78 is 0. The molecular formula is C22H19N3O2. The first-order valence-electron chi connectivity index (χ1n) is 8.79. The molecule has 1 aliphatic heterocycles. The van der Waals surface area contributed by atoms with Crippen LogP contribution in [-0.2, 0) is 17.8 Å². The van der Waals surface area contributed by atoms with Gasteiger partial charge in [0.2, 0.25) is 5.91 Å². The Bertz CT molecular complexity index is 999. The van der Waals surface area contributed by atoms with Crippen molar-refractivity contribution in [3.05, 3.63) is 83.9 Å². The van der Waals surface area contributed by atoms with Crippen molar-refractivity contribution in [3.8, 4) is 11.1 Å². The van der Waals surface area contributed by atoms with Crippen molar-refractivity contribution < 1.29 is 9.59 Å². The molecule has 3 N–H and O–H groups in total. The number of fused-ring (bicyclic) bond motifs is 1. The van der Waals surface area contributed by atoms with Crippen LogP contribution in [0.15, 0.2) is 72.8 Å². The van der Waals surface area contributed by atoms with Crippen LogP contribution in [0.4, 0.5) is 16.2 Å². The fraction of sp³-hybridized carbons (Fsp3) is 0.0909. The van der Waals surface area contributed by atoms with Crippen molar-refractivity contribution in [2.24, 2.45) is 0 Å². The highest BCUT2D eigenvalue weighted by molar-refractivity contribution is 5.99. The van der Waals surface area contributed by atoms with Gasteiger partial charge in [-0.3, -0.25) is 4.79 Å². The highest BCUT2D eigenvalue weighted by atomic mass is 16.2. The van der Waals surface area contributed by atoms with Gasteiger partial charge in [-0.2, -0.15) is 0 Å². The number of hydrogen-bond donors (Lipinski definition) is 3. The van der Waals surface area contributed by atoms with Crippen LogP contribution in [-0.4, -0.2) is 11.9 Å². The Morgan fingerprint density at radius 3 is 2.59 bits per heavy atom. The van der Waals surface area contributed by atoms with Gasteiger partial charge in [-0.05, 0) is 40.5 Å². The van der Waals surface area contributed by atoms with Gasteiger partial charge in [0.25, 0.3) is 0 Å². The second kappa shape index (κ2) is 7.33. The first kappa shape index (κ1) is 16.8. The predicted octanol–water partition coefficient (Wildman–Crippen LogP) is 4.17. The van der Waals surface area contributed by atoms with E-state index < -0.39 is 0 Å². The summed E-state index contributed by atoms with van der Waals surface area (Å²) in [5.74, 6) is 0.00569. The third-order valence-electron chi connectivity index (χ3n) is 4.48. The maximum Gasteiger partial charge on any atom is 0.319 e. The predicted molar refractivity (Wildman–Crippen MR) is 107 cm³/mol. The van der Waals surface area contributed by atoms with Crippen molar-refractivity contribution in [1.29, 1.82) is 0 Å². The van der Waals surface area contributed by atoms with Gasteiger partial charge in [0.1, 0.15) is 0 Å². The minimum Gasteiger partial charge on any atom is -0.334 e. The molecule has 1 heterocycles. The van der Waals surface area contributed by atoms with E-state index >= 15 is 0 Å². The van der Waals surface area contributed by atoms with Gasteiger partial charge in [0, 0.05) is 17.9 Å². The van der Waals surface area contributed by atoms with E-state index in [0.717, 1.165) is 33.6 Å². The first-order valence-corrected chi connectivity index (χ1v) is 8.79. The summed E-state index contributed by atoms with van der Waals surface area (Å²) in [5, 5.41) is 8.52. The van der Waals surface area contributed by atoms with Crippen LogP contribution in [0.5, 0.6) is 0 Å². The van der Waals surface area contributed by atoms with Crippen molar-refractivity contribution >= 4 is 23.3 Å². The summed E-state index contributed by atoms with van der Waals surface area (Å²) in [6, 6.07) is 23.2. The van der Waals surface area contributed by atoms with Gasteiger partial charge in [0.15, 0.2) is 0 Å². The maximum atomic E-state index is 12.2. The van der Waals surface area contributed by atoms with Gasteiger partial charge in [0.05, 0.1) is 6.42 Å². The Labute approximate surface area is 157 Å². The minimum atomic E-state index is -0.269. The summed E-state index contributed by atoms with van der Waals surface area (Å²) in [6.07, 6.45) is 0.391. The van der Waals surface area contributed by atoms with Gasteiger partial charge < -0.3 is 16.0 Å². The lowest BCUT2D eigenvalue weighted by Gasteiger charge is -2.10. The van der Waals surface area contributed by atoms with Crippen LogP contribution in [0.25, 0.3) is 11.1 Å². The Hall–Kier alpha value is -3.60. The topological polar surface area (TPSA) is 70.2 Å². The van der Waals surface area contributed by atoms with Crippen LogP contribution >= 0.6 is 0 Å². The Kier molecular flexibility index (Phi) is 4.58. The van der Waals surface area contributed by atoms with Crippen LogP contribution in [0.2, 0.25) is 0 Å². The number of urea groups is 1. The summed E-state index contributed by atoms with van der Waals surface area (Å²) in [7, 11) is 0. The number of carbonyl (C=O) groups is 2. The normalized spacial score (nSPS) is 12.2. The Morgan fingerprint density at radius 1 is 0.926 bits per heavy atom. The van der Waals surface area contributed by atoms with E-state index in [-0.39, 0.29) is 11.9 Å². The molecule has 3 aromatic rings. The molecule has 0 saturated carbocycles. The van der Waals surface area contributed by atoms with E-state index in [4.69, 9.17) is 0 Å². The zero-order chi connectivity index (χ0) is 18.6. The number of hydrogen-bond acceptors (Lipinski definition) is 2. The average Bonchev–Trinajstić information content (AvgIpc) is 3.06. The van der Waals surface area contributed by atoms with E-state index in [1.165, 1.54) is 0 Å². The molecule has 0 unspecified atom stereocenters. The zero-order valence-electron chi connectivity index (χ0n) is 14.7. The number of rotatable bonds is 4. The molecule has 0 saturated heterocycles. The number of benzene rings is 3. The van der Waals surface area contributed by atoms with E-state index in [0.29, 0.717) is 13.0 Å². The standard InChI is InChI=1S/C22H19N3O2/c26-21-13-18-11-15(9-10-20(18)25-21)14-23-22(27)24-19-8-4-7-17(12-19)16-5-2-1-3-6-16/h1-12H,13-14H2,(H,25,26)(H2,23,24,27). The van der Waals surface area contributed by atoms with E-state index in [2.05, 4.69) is 16.0 Å². The first-order chi connectivity index (χ1) is 13.2. The molecular weight excluding hydrogens is 338 g/mol. The molecule has 3 aromatic carbocycles. The van der Waals surface area contributed by atoms with Gasteiger partial charge >= 0.3 is 6.03 Å². The molecule has 134 valence electrons. The third-order valence-corrected chi connectivity index (χ3v) is 4.48. The molecule has 0 radical (unpaired) electrons. The summed E-state index contributed by atoms with van der Waals surface area (Å²) in [6.45, 7) is 0.395. The quantitative estimate of drug-likeness (QED) is 0.656. The van der Waals surface area contributed by atoms with Crippen molar-refractivity contribution in [1.82, 2.24) is 5.32 Å². The maximum absolute atomic E-state index is 12.2. The fourth-order valence-corrected chi connectivity index (χ4v) is 3.16. The lowest BCUT2D eigenvalue weighted by molar-refractivity contribution is -0.115. The molecule has 0 bridgehead atoms. The number of nitrogens with one attached hydrogen (secondary N) is 3. The molecule has 5 nitrogen and oxygen atoms in total. The lowest BCUT2D eigenvalue weighted by Crippen LogP contribution is -2.28. The highest BCUT2D eigenvalue weighted by Crippen LogP contribution is 2.24. The molecule has 3 amide bonds. The summed E-state index contributed by atoms with van der Waals surface area (Å²) in [5.41, 5.74) is 5.66. The smallest absolute Gasteiger partial charge is 0.319 e. The molecule has 0 aromatic heterocycles. The molecule has 0 fully saturated rings. The van der Waals surface area contributed by atoms with Crippen molar-refractivity contribution in [2.45, 2.75) is 13.0 Å². The SMILES string of the molecule is O=C1Cc2cc(CNC(=O)Nc3cccc(-c4ccccc4)c3)ccc2N1. The Morgan fingerprint density at radius 2 is 1.74 bits per heavy atom. The largest absolute Gasteiger partial charge is 0.334 e. The second-order valence-electron chi connectivity index (χ2n) is 6.47. The molecule has 1 aliphatic rings. The number of amides is 3. The second-order valence-corrected chi connectivity index (χ2v) is 6.47. The molecule has 27 heavy (non-hydrogen) atoms. The van der Waals surface area contributed by atoms with Crippen molar-refractivity contribution in [2.75, 3.05) is 10.6 Å². The van der Waals surface area contributed by atoms with Crippen LogP contribution in [0.1, 0.15) is 11.1 Å². The van der Waals surface area contributed by atoms with Gasteiger partial charge in [-0.1, -0.05) is 54.6 Å². The van der Waals surface area contributed by atoms with Crippen molar-refractivity contribution in [3.63, 3.8) is 0 Å². The van der Waals surface area contributed by atoms with Crippen LogP contribution in [0.3, 0.4) is 0 Å². The van der Waals surface area contributed by atoms with Crippen LogP contribution < -0.4 is 16.0 Å². The van der Waals surface area contributed by atoms with E-state index in [1.54, 1.807) is 0 Å². The molecule has 0 aliphatic carbocycles. The van der Waals surface area contributed by atoms with E-state index in [9.17, 15) is 9.59 Å². The zero-order valence-corrected chi connectivity index (χ0v) is 14.7. The molecule has 0 spiro atoms. The molecule has 5 heteroatoms. The van der Waals surface area contributed by atoms with Crippen LogP contribution in [0, 0.1) is 0 Å². The Balaban J connectivity index is 1.38. The minimum absolute atomic E-state index is 0.00569. The number of carbonyl (C=O) groups excluding carboxylic acids is 2.